The zero-order chi connectivity index (χ0) is 16.4. The Labute approximate surface area is 145 Å². The van der Waals surface area contributed by atoms with Gasteiger partial charge in [-0.15, -0.1) is 0 Å². The molecule has 0 radical (unpaired) electrons. The standard InChI is InChI=1S/C17H22N4O2S/c22-16(14-3-1-2-6-18-14)19-12-4-5-13-15(11-12)24-17(20-13)21-7-9-23-10-8-21/h4-5,11,14,18H,1-3,6-10H2,(H,19,22). The number of carbonyl (C=O) groups is 1. The normalized spacial score (nSPS) is 21.8. The van der Waals surface area contributed by atoms with Crippen molar-refractivity contribution in [2.24, 2.45) is 0 Å². The quantitative estimate of drug-likeness (QED) is 0.892. The van der Waals surface area contributed by atoms with Gasteiger partial charge in [-0.1, -0.05) is 17.8 Å². The summed E-state index contributed by atoms with van der Waals surface area (Å²) in [6.07, 6.45) is 3.18. The molecule has 0 spiro atoms. The average Bonchev–Trinajstić information content (AvgIpc) is 3.06. The summed E-state index contributed by atoms with van der Waals surface area (Å²) in [5.74, 6) is 0.0620. The first kappa shape index (κ1) is 15.8. The first-order valence-corrected chi connectivity index (χ1v) is 9.39. The number of amides is 1. The molecule has 1 aromatic heterocycles. The van der Waals surface area contributed by atoms with Crippen molar-refractivity contribution >= 4 is 38.3 Å². The van der Waals surface area contributed by atoms with Crippen molar-refractivity contribution in [3.8, 4) is 0 Å². The maximum Gasteiger partial charge on any atom is 0.241 e. The monoisotopic (exact) mass is 346 g/mol. The third-order valence-corrected chi connectivity index (χ3v) is 5.63. The van der Waals surface area contributed by atoms with Gasteiger partial charge in [-0.25, -0.2) is 4.98 Å². The second-order valence-electron chi connectivity index (χ2n) is 6.27. The maximum atomic E-state index is 12.3. The van der Waals surface area contributed by atoms with Crippen LogP contribution in [0.4, 0.5) is 10.8 Å². The number of carbonyl (C=O) groups excluding carboxylic acids is 1. The number of benzene rings is 1. The molecule has 2 aliphatic heterocycles. The van der Waals surface area contributed by atoms with Crippen LogP contribution in [0.5, 0.6) is 0 Å². The zero-order valence-electron chi connectivity index (χ0n) is 13.6. The Morgan fingerprint density at radius 1 is 1.33 bits per heavy atom. The van der Waals surface area contributed by atoms with Gasteiger partial charge in [0.25, 0.3) is 0 Å². The fourth-order valence-corrected chi connectivity index (χ4v) is 4.24. The van der Waals surface area contributed by atoms with Crippen LogP contribution in [0.25, 0.3) is 10.2 Å². The highest BCUT2D eigenvalue weighted by molar-refractivity contribution is 7.22. The summed E-state index contributed by atoms with van der Waals surface area (Å²) in [4.78, 5) is 19.3. The lowest BCUT2D eigenvalue weighted by Gasteiger charge is -2.25. The number of thiazole rings is 1. The topological polar surface area (TPSA) is 66.5 Å². The lowest BCUT2D eigenvalue weighted by molar-refractivity contribution is -0.118. The number of ether oxygens (including phenoxy) is 1. The Balaban J connectivity index is 1.49. The first-order chi connectivity index (χ1) is 11.8. The van der Waals surface area contributed by atoms with E-state index in [0.717, 1.165) is 73.1 Å². The van der Waals surface area contributed by atoms with E-state index < -0.39 is 0 Å². The van der Waals surface area contributed by atoms with Gasteiger partial charge in [-0.2, -0.15) is 0 Å². The lowest BCUT2D eigenvalue weighted by Crippen LogP contribution is -2.43. The fourth-order valence-electron chi connectivity index (χ4n) is 3.19. The summed E-state index contributed by atoms with van der Waals surface area (Å²) in [5, 5.41) is 7.35. The van der Waals surface area contributed by atoms with E-state index in [1.165, 1.54) is 0 Å². The molecular weight excluding hydrogens is 324 g/mol. The van der Waals surface area contributed by atoms with Crippen molar-refractivity contribution in [3.05, 3.63) is 18.2 Å². The van der Waals surface area contributed by atoms with Crippen LogP contribution < -0.4 is 15.5 Å². The number of anilines is 2. The van der Waals surface area contributed by atoms with E-state index >= 15 is 0 Å². The minimum Gasteiger partial charge on any atom is -0.378 e. The highest BCUT2D eigenvalue weighted by Gasteiger charge is 2.21. The Bertz CT molecular complexity index is 720. The molecule has 3 heterocycles. The van der Waals surface area contributed by atoms with E-state index in [1.54, 1.807) is 11.3 Å². The zero-order valence-corrected chi connectivity index (χ0v) is 14.4. The molecule has 1 aromatic carbocycles. The van der Waals surface area contributed by atoms with Crippen LogP contribution in [0, 0.1) is 0 Å². The largest absolute Gasteiger partial charge is 0.378 e. The number of fused-ring (bicyclic) bond motifs is 1. The Morgan fingerprint density at radius 2 is 2.21 bits per heavy atom. The Hall–Kier alpha value is -1.70. The Kier molecular flexibility index (Phi) is 4.64. The molecule has 1 atom stereocenters. The van der Waals surface area contributed by atoms with Gasteiger partial charge < -0.3 is 20.3 Å². The van der Waals surface area contributed by atoms with Gasteiger partial charge in [-0.05, 0) is 37.6 Å². The molecule has 0 bridgehead atoms. The molecule has 24 heavy (non-hydrogen) atoms. The van der Waals surface area contributed by atoms with E-state index in [9.17, 15) is 4.79 Å². The van der Waals surface area contributed by atoms with E-state index in [0.29, 0.717) is 0 Å². The number of hydrogen-bond donors (Lipinski definition) is 2. The minimum atomic E-state index is -0.0696. The highest BCUT2D eigenvalue weighted by Crippen LogP contribution is 2.31. The number of nitrogens with zero attached hydrogens (tertiary/aromatic N) is 2. The van der Waals surface area contributed by atoms with Gasteiger partial charge >= 0.3 is 0 Å². The molecule has 6 nitrogen and oxygen atoms in total. The second kappa shape index (κ2) is 7.04. The lowest BCUT2D eigenvalue weighted by atomic mass is 10.0. The first-order valence-electron chi connectivity index (χ1n) is 8.57. The average molecular weight is 346 g/mol. The molecule has 128 valence electrons. The number of rotatable bonds is 3. The predicted molar refractivity (Wildman–Crippen MR) is 96.9 cm³/mol. The molecule has 7 heteroatoms. The molecule has 4 rings (SSSR count). The number of nitrogens with one attached hydrogen (secondary N) is 2. The van der Waals surface area contributed by atoms with Gasteiger partial charge in [-0.3, -0.25) is 4.79 Å². The van der Waals surface area contributed by atoms with Gasteiger partial charge in [0.15, 0.2) is 5.13 Å². The number of piperidine rings is 1. The maximum absolute atomic E-state index is 12.3. The number of morpholine rings is 1. The van der Waals surface area contributed by atoms with Crippen molar-refractivity contribution < 1.29 is 9.53 Å². The van der Waals surface area contributed by atoms with Crippen LogP contribution in [-0.4, -0.2) is 49.8 Å². The predicted octanol–water partition coefficient (Wildman–Crippen LogP) is 2.21. The molecule has 2 saturated heterocycles. The van der Waals surface area contributed by atoms with E-state index in [4.69, 9.17) is 9.72 Å². The summed E-state index contributed by atoms with van der Waals surface area (Å²) < 4.78 is 6.50. The third kappa shape index (κ3) is 3.38. The van der Waals surface area contributed by atoms with Crippen molar-refractivity contribution in [2.45, 2.75) is 25.3 Å². The molecule has 1 amide bonds. The molecule has 1 unspecified atom stereocenters. The summed E-state index contributed by atoms with van der Waals surface area (Å²) in [6.45, 7) is 4.21. The van der Waals surface area contributed by atoms with Crippen LogP contribution in [0.1, 0.15) is 19.3 Å². The smallest absolute Gasteiger partial charge is 0.241 e. The minimum absolute atomic E-state index is 0.0620. The van der Waals surface area contributed by atoms with E-state index in [-0.39, 0.29) is 11.9 Å². The molecule has 2 aromatic rings. The number of hydrogen-bond acceptors (Lipinski definition) is 6. The second-order valence-corrected chi connectivity index (χ2v) is 7.28. The molecule has 2 fully saturated rings. The molecule has 2 N–H and O–H groups in total. The highest BCUT2D eigenvalue weighted by atomic mass is 32.1. The van der Waals surface area contributed by atoms with Gasteiger partial charge in [0.2, 0.25) is 5.91 Å². The number of aromatic nitrogens is 1. The molecule has 0 aliphatic carbocycles. The summed E-state index contributed by atoms with van der Waals surface area (Å²) in [5.41, 5.74) is 1.83. The van der Waals surface area contributed by atoms with Gasteiger partial charge in [0.1, 0.15) is 0 Å². The van der Waals surface area contributed by atoms with Gasteiger partial charge in [0.05, 0.1) is 29.5 Å². The van der Waals surface area contributed by atoms with Gasteiger partial charge in [0, 0.05) is 18.8 Å². The van der Waals surface area contributed by atoms with Crippen molar-refractivity contribution in [1.29, 1.82) is 0 Å². The summed E-state index contributed by atoms with van der Waals surface area (Å²) in [7, 11) is 0. The van der Waals surface area contributed by atoms with Crippen LogP contribution in [-0.2, 0) is 9.53 Å². The van der Waals surface area contributed by atoms with Crippen LogP contribution in [0.3, 0.4) is 0 Å². The van der Waals surface area contributed by atoms with Crippen LogP contribution >= 0.6 is 11.3 Å². The Morgan fingerprint density at radius 3 is 3.00 bits per heavy atom. The van der Waals surface area contributed by atoms with Crippen LogP contribution in [0.15, 0.2) is 18.2 Å². The summed E-state index contributed by atoms with van der Waals surface area (Å²) >= 11 is 1.67. The molecular formula is C17H22N4O2S. The summed E-state index contributed by atoms with van der Waals surface area (Å²) in [6, 6.07) is 5.88. The van der Waals surface area contributed by atoms with E-state index in [1.807, 2.05) is 18.2 Å². The van der Waals surface area contributed by atoms with E-state index in [2.05, 4.69) is 15.5 Å². The van der Waals surface area contributed by atoms with Crippen molar-refractivity contribution in [3.63, 3.8) is 0 Å². The van der Waals surface area contributed by atoms with Crippen molar-refractivity contribution in [1.82, 2.24) is 10.3 Å². The third-order valence-electron chi connectivity index (χ3n) is 4.55. The van der Waals surface area contributed by atoms with Crippen molar-refractivity contribution in [2.75, 3.05) is 43.1 Å². The molecule has 0 saturated carbocycles. The SMILES string of the molecule is O=C(Nc1ccc2nc(N3CCOCC3)sc2c1)C1CCCCN1. The fraction of sp³-hybridized carbons (Fsp3) is 0.529. The van der Waals surface area contributed by atoms with Crippen LogP contribution in [0.2, 0.25) is 0 Å². The molecule has 2 aliphatic rings.